The second-order valence-electron chi connectivity index (χ2n) is 10.7. The SMILES string of the molecule is COc1ccc(Cn2c(C3(C)CC3)nc3sc([C@H]4CCCN4C(=O)OCc4ccccc4)nc3c2=O)c(OC)c1. The molecule has 2 aromatic heterocycles. The second kappa shape index (κ2) is 10.6. The van der Waals surface area contributed by atoms with Crippen LogP contribution in [0.2, 0.25) is 0 Å². The van der Waals surface area contributed by atoms with Crippen molar-refractivity contribution >= 4 is 27.8 Å². The van der Waals surface area contributed by atoms with Crippen molar-refractivity contribution in [2.24, 2.45) is 0 Å². The largest absolute Gasteiger partial charge is 0.497 e. The molecule has 4 aromatic rings. The fraction of sp³-hybridized carbons (Fsp3) is 0.400. The highest BCUT2D eigenvalue weighted by molar-refractivity contribution is 7.18. The summed E-state index contributed by atoms with van der Waals surface area (Å²) in [6, 6.07) is 15.0. The van der Waals surface area contributed by atoms with E-state index < -0.39 is 0 Å². The van der Waals surface area contributed by atoms with Gasteiger partial charge in [0.25, 0.3) is 5.56 Å². The van der Waals surface area contributed by atoms with Gasteiger partial charge in [-0.3, -0.25) is 14.3 Å². The third-order valence-electron chi connectivity index (χ3n) is 7.88. The highest BCUT2D eigenvalue weighted by atomic mass is 32.1. The maximum Gasteiger partial charge on any atom is 0.410 e. The Bertz CT molecular complexity index is 1610. The summed E-state index contributed by atoms with van der Waals surface area (Å²) in [5.41, 5.74) is 1.80. The van der Waals surface area contributed by atoms with Crippen LogP contribution >= 0.6 is 11.3 Å². The van der Waals surface area contributed by atoms with Crippen LogP contribution in [0.5, 0.6) is 11.5 Å². The van der Waals surface area contributed by atoms with Crippen LogP contribution in [0, 0.1) is 0 Å². The van der Waals surface area contributed by atoms with E-state index in [9.17, 15) is 9.59 Å². The molecule has 0 radical (unpaired) electrons. The van der Waals surface area contributed by atoms with E-state index in [1.807, 2.05) is 48.5 Å². The molecule has 1 saturated carbocycles. The summed E-state index contributed by atoms with van der Waals surface area (Å²) in [5.74, 6) is 2.10. The van der Waals surface area contributed by atoms with Crippen molar-refractivity contribution < 1.29 is 19.0 Å². The van der Waals surface area contributed by atoms with Crippen LogP contribution in [0.3, 0.4) is 0 Å². The minimum Gasteiger partial charge on any atom is -0.497 e. The predicted molar refractivity (Wildman–Crippen MR) is 152 cm³/mol. The molecule has 2 aliphatic rings. The summed E-state index contributed by atoms with van der Waals surface area (Å²) in [5, 5.41) is 0.723. The Morgan fingerprint density at radius 2 is 1.90 bits per heavy atom. The fourth-order valence-electron chi connectivity index (χ4n) is 5.28. The van der Waals surface area contributed by atoms with Crippen LogP contribution in [0.25, 0.3) is 10.3 Å². The number of likely N-dealkylation sites (tertiary alicyclic amines) is 1. The normalized spacial score (nSPS) is 17.7. The van der Waals surface area contributed by atoms with Gasteiger partial charge in [0.05, 0.1) is 26.8 Å². The van der Waals surface area contributed by atoms with Gasteiger partial charge in [0.2, 0.25) is 0 Å². The maximum absolute atomic E-state index is 14.0. The minimum absolute atomic E-state index is 0.155. The number of hydrogen-bond donors (Lipinski definition) is 0. The minimum atomic E-state index is -0.367. The van der Waals surface area contributed by atoms with Crippen molar-refractivity contribution in [2.75, 3.05) is 20.8 Å². The van der Waals surface area contributed by atoms with Crippen molar-refractivity contribution in [3.8, 4) is 11.5 Å². The molecule has 3 heterocycles. The van der Waals surface area contributed by atoms with Crippen LogP contribution in [0.1, 0.15) is 60.6 Å². The summed E-state index contributed by atoms with van der Waals surface area (Å²) >= 11 is 1.40. The molecule has 9 nitrogen and oxygen atoms in total. The maximum atomic E-state index is 14.0. The second-order valence-corrected chi connectivity index (χ2v) is 11.7. The molecule has 40 heavy (non-hydrogen) atoms. The Morgan fingerprint density at radius 1 is 1.10 bits per heavy atom. The van der Waals surface area contributed by atoms with Crippen LogP contribution in [-0.4, -0.2) is 46.3 Å². The van der Waals surface area contributed by atoms with Gasteiger partial charge in [-0.05, 0) is 43.4 Å². The number of nitrogens with zero attached hydrogens (tertiary/aromatic N) is 4. The van der Waals surface area contributed by atoms with E-state index in [1.165, 1.54) is 11.3 Å². The van der Waals surface area contributed by atoms with Gasteiger partial charge in [0, 0.05) is 23.6 Å². The highest BCUT2D eigenvalue weighted by Crippen LogP contribution is 2.47. The average molecular weight is 561 g/mol. The van der Waals surface area contributed by atoms with Gasteiger partial charge < -0.3 is 14.2 Å². The standard InChI is InChI=1S/C30H32N4O5S/c1-30(13-14-30)28-32-26-24(27(35)34(28)17-20-11-12-21(37-2)16-23(20)38-3)31-25(40-26)22-10-7-15-33(22)29(36)39-18-19-8-5-4-6-9-19/h4-6,8-9,11-12,16,22H,7,10,13-15,17-18H2,1-3H3/t22-/m1/s1. The first-order valence-corrected chi connectivity index (χ1v) is 14.3. The van der Waals surface area contributed by atoms with Crippen molar-refractivity contribution in [2.45, 2.75) is 57.2 Å². The van der Waals surface area contributed by atoms with E-state index in [0.717, 1.165) is 47.6 Å². The first kappa shape index (κ1) is 26.3. The number of aromatic nitrogens is 3. The van der Waals surface area contributed by atoms with E-state index in [-0.39, 0.29) is 29.7 Å². The van der Waals surface area contributed by atoms with Crippen molar-refractivity contribution in [1.82, 2.24) is 19.4 Å². The summed E-state index contributed by atoms with van der Waals surface area (Å²) in [7, 11) is 3.22. The summed E-state index contributed by atoms with van der Waals surface area (Å²) in [6.07, 6.45) is 3.19. The molecule has 0 bridgehead atoms. The molecular formula is C30H32N4O5S. The highest BCUT2D eigenvalue weighted by Gasteiger charge is 2.44. The number of benzene rings is 2. The number of carbonyl (C=O) groups is 1. The van der Waals surface area contributed by atoms with Gasteiger partial charge in [0.1, 0.15) is 28.9 Å². The first-order chi connectivity index (χ1) is 19.4. The van der Waals surface area contributed by atoms with Crippen LogP contribution in [0.15, 0.2) is 53.3 Å². The zero-order valence-corrected chi connectivity index (χ0v) is 23.7. The molecule has 1 atom stereocenters. The average Bonchev–Trinajstić information content (AvgIpc) is 3.36. The molecule has 0 N–H and O–H groups in total. The number of methoxy groups -OCH3 is 2. The Labute approximate surface area is 236 Å². The fourth-order valence-corrected chi connectivity index (χ4v) is 6.36. The van der Waals surface area contributed by atoms with Crippen LogP contribution < -0.4 is 15.0 Å². The van der Waals surface area contributed by atoms with E-state index >= 15 is 0 Å². The monoisotopic (exact) mass is 560 g/mol. The van der Waals surface area contributed by atoms with Gasteiger partial charge in [-0.15, -0.1) is 0 Å². The van der Waals surface area contributed by atoms with E-state index in [4.69, 9.17) is 24.2 Å². The van der Waals surface area contributed by atoms with E-state index in [2.05, 4.69) is 6.92 Å². The Morgan fingerprint density at radius 3 is 2.62 bits per heavy atom. The van der Waals surface area contributed by atoms with Gasteiger partial charge in [-0.1, -0.05) is 48.6 Å². The van der Waals surface area contributed by atoms with Crippen molar-refractivity contribution in [3.05, 3.63) is 80.8 Å². The number of fused-ring (bicyclic) bond motifs is 1. The molecule has 0 unspecified atom stereocenters. The van der Waals surface area contributed by atoms with Crippen LogP contribution in [0.4, 0.5) is 4.79 Å². The van der Waals surface area contributed by atoms with Gasteiger partial charge in [-0.2, -0.15) is 0 Å². The van der Waals surface area contributed by atoms with Crippen LogP contribution in [-0.2, 0) is 23.3 Å². The first-order valence-electron chi connectivity index (χ1n) is 13.5. The molecule has 2 fully saturated rings. The zero-order chi connectivity index (χ0) is 27.9. The Kier molecular flexibility index (Phi) is 6.95. The third kappa shape index (κ3) is 4.92. The predicted octanol–water partition coefficient (Wildman–Crippen LogP) is 5.44. The lowest BCUT2D eigenvalue weighted by molar-refractivity contribution is 0.0920. The molecule has 1 aliphatic heterocycles. The Hall–Kier alpha value is -3.92. The Balaban J connectivity index is 1.33. The van der Waals surface area contributed by atoms with Crippen molar-refractivity contribution in [1.29, 1.82) is 0 Å². The van der Waals surface area contributed by atoms with Gasteiger partial charge >= 0.3 is 6.09 Å². The number of hydrogen-bond acceptors (Lipinski definition) is 8. The smallest absolute Gasteiger partial charge is 0.410 e. The lowest BCUT2D eigenvalue weighted by Crippen LogP contribution is -2.31. The molecule has 10 heteroatoms. The molecule has 6 rings (SSSR count). The molecule has 1 amide bonds. The molecule has 1 aliphatic carbocycles. The molecule has 0 spiro atoms. The third-order valence-corrected chi connectivity index (χ3v) is 8.93. The lowest BCUT2D eigenvalue weighted by Gasteiger charge is -2.22. The lowest BCUT2D eigenvalue weighted by atomic mass is 10.1. The zero-order valence-electron chi connectivity index (χ0n) is 22.9. The molecule has 208 valence electrons. The van der Waals surface area contributed by atoms with E-state index in [1.54, 1.807) is 23.7 Å². The number of ether oxygens (including phenoxy) is 3. The molecule has 1 saturated heterocycles. The number of rotatable bonds is 8. The number of amides is 1. The van der Waals surface area contributed by atoms with Gasteiger partial charge in [-0.25, -0.2) is 14.8 Å². The van der Waals surface area contributed by atoms with Gasteiger partial charge in [0.15, 0.2) is 10.3 Å². The van der Waals surface area contributed by atoms with Crippen molar-refractivity contribution in [3.63, 3.8) is 0 Å². The quantitative estimate of drug-likeness (QED) is 0.283. The summed E-state index contributed by atoms with van der Waals surface area (Å²) in [6.45, 7) is 3.26. The molecule has 2 aromatic carbocycles. The molecular weight excluding hydrogens is 528 g/mol. The van der Waals surface area contributed by atoms with E-state index in [0.29, 0.717) is 34.9 Å². The number of carbonyl (C=O) groups excluding carboxylic acids is 1. The summed E-state index contributed by atoms with van der Waals surface area (Å²) in [4.78, 5) is 39.1. The number of thiazole rings is 1. The summed E-state index contributed by atoms with van der Waals surface area (Å²) < 4.78 is 18.3. The topological polar surface area (TPSA) is 95.8 Å².